The number of hydrogen-bond acceptors (Lipinski definition) is 4. The fraction of sp³-hybridized carbons (Fsp3) is 0.500. The van der Waals surface area contributed by atoms with Gasteiger partial charge in [-0.2, -0.15) is 4.39 Å². The minimum Gasteiger partial charge on any atom is -0.380 e. The molecule has 0 atom stereocenters. The van der Waals surface area contributed by atoms with Crippen LogP contribution in [0.25, 0.3) is 0 Å². The van der Waals surface area contributed by atoms with Crippen molar-refractivity contribution in [1.29, 1.82) is 0 Å². The Kier molecular flexibility index (Phi) is 3.94. The summed E-state index contributed by atoms with van der Waals surface area (Å²) in [6.07, 6.45) is 3.18. The Bertz CT molecular complexity index is 488. The molecule has 0 bridgehead atoms. The molecule has 19 heavy (non-hydrogen) atoms. The lowest BCUT2D eigenvalue weighted by atomic mass is 9.91. The van der Waals surface area contributed by atoms with E-state index in [-0.39, 0.29) is 17.8 Å². The first-order valence-electron chi connectivity index (χ1n) is 6.13. The third-order valence-electron chi connectivity index (χ3n) is 3.36. The molecule has 2 rings (SSSR count). The summed E-state index contributed by atoms with van der Waals surface area (Å²) >= 11 is 0. The maximum atomic E-state index is 13.6. The molecule has 0 amide bonds. The number of halogens is 2. The summed E-state index contributed by atoms with van der Waals surface area (Å²) in [4.78, 5) is 9.75. The summed E-state index contributed by atoms with van der Waals surface area (Å²) in [5.41, 5.74) is 5.00. The van der Waals surface area contributed by atoms with Crippen LogP contribution < -0.4 is 11.1 Å². The van der Waals surface area contributed by atoms with Crippen molar-refractivity contribution in [3.05, 3.63) is 33.9 Å². The minimum atomic E-state index is -1.17. The Morgan fingerprint density at radius 2 is 1.84 bits per heavy atom. The minimum absolute atomic E-state index is 0.0133. The zero-order valence-electron chi connectivity index (χ0n) is 10.2. The number of benzene rings is 1. The molecule has 0 heterocycles. The molecule has 1 aromatic rings. The summed E-state index contributed by atoms with van der Waals surface area (Å²) in [5, 5.41) is 13.5. The normalized spacial score (nSPS) is 23.1. The van der Waals surface area contributed by atoms with E-state index in [4.69, 9.17) is 5.73 Å². The van der Waals surface area contributed by atoms with Crippen LogP contribution in [0.3, 0.4) is 0 Å². The van der Waals surface area contributed by atoms with Crippen molar-refractivity contribution < 1.29 is 13.7 Å². The van der Waals surface area contributed by atoms with Crippen molar-refractivity contribution in [2.24, 2.45) is 5.73 Å². The van der Waals surface area contributed by atoms with Gasteiger partial charge in [-0.25, -0.2) is 4.39 Å². The van der Waals surface area contributed by atoms with Gasteiger partial charge in [0.25, 0.3) is 0 Å². The Morgan fingerprint density at radius 1 is 1.21 bits per heavy atom. The number of rotatable bonds is 3. The monoisotopic (exact) mass is 271 g/mol. The molecule has 0 aromatic heterocycles. The SMILES string of the molecule is NC1CCC(Nc2cc([N+](=O)[O-])c(F)cc2F)CC1. The molecular formula is C12H15F2N3O2. The van der Waals surface area contributed by atoms with Crippen LogP contribution in [0.1, 0.15) is 25.7 Å². The lowest BCUT2D eigenvalue weighted by molar-refractivity contribution is -0.387. The van der Waals surface area contributed by atoms with Crippen LogP contribution in [0.2, 0.25) is 0 Å². The highest BCUT2D eigenvalue weighted by Gasteiger charge is 2.22. The van der Waals surface area contributed by atoms with Gasteiger partial charge >= 0.3 is 5.69 Å². The molecule has 1 saturated carbocycles. The van der Waals surface area contributed by atoms with E-state index in [0.717, 1.165) is 31.7 Å². The smallest absolute Gasteiger partial charge is 0.307 e. The molecule has 0 spiro atoms. The first-order valence-corrected chi connectivity index (χ1v) is 6.13. The van der Waals surface area contributed by atoms with E-state index in [1.54, 1.807) is 0 Å². The van der Waals surface area contributed by atoms with Crippen LogP contribution in [0.4, 0.5) is 20.2 Å². The van der Waals surface area contributed by atoms with Crippen LogP contribution in [0.15, 0.2) is 12.1 Å². The highest BCUT2D eigenvalue weighted by molar-refractivity contribution is 5.53. The fourth-order valence-electron chi connectivity index (χ4n) is 2.27. The first kappa shape index (κ1) is 13.7. The van der Waals surface area contributed by atoms with Gasteiger partial charge in [0.1, 0.15) is 5.82 Å². The molecule has 0 saturated heterocycles. The fourth-order valence-corrected chi connectivity index (χ4v) is 2.27. The van der Waals surface area contributed by atoms with E-state index >= 15 is 0 Å². The zero-order valence-corrected chi connectivity index (χ0v) is 10.2. The molecule has 5 nitrogen and oxygen atoms in total. The average molecular weight is 271 g/mol. The van der Waals surface area contributed by atoms with Gasteiger partial charge in [-0.05, 0) is 25.7 Å². The number of hydrogen-bond donors (Lipinski definition) is 2. The zero-order chi connectivity index (χ0) is 14.0. The number of nitrogens with one attached hydrogen (secondary N) is 1. The molecule has 0 radical (unpaired) electrons. The van der Waals surface area contributed by atoms with E-state index in [2.05, 4.69) is 5.32 Å². The third kappa shape index (κ3) is 3.17. The highest BCUT2D eigenvalue weighted by Crippen LogP contribution is 2.28. The Morgan fingerprint density at radius 3 is 2.42 bits per heavy atom. The van der Waals surface area contributed by atoms with E-state index in [1.165, 1.54) is 0 Å². The van der Waals surface area contributed by atoms with Gasteiger partial charge in [-0.1, -0.05) is 0 Å². The number of nitrogens with two attached hydrogens (primary N) is 1. The topological polar surface area (TPSA) is 81.2 Å². The number of anilines is 1. The second-order valence-electron chi connectivity index (χ2n) is 4.80. The van der Waals surface area contributed by atoms with Crippen molar-refractivity contribution in [1.82, 2.24) is 0 Å². The van der Waals surface area contributed by atoms with Gasteiger partial charge in [0, 0.05) is 24.2 Å². The summed E-state index contributed by atoms with van der Waals surface area (Å²) in [7, 11) is 0. The molecule has 1 aliphatic rings. The molecule has 104 valence electrons. The molecule has 1 aromatic carbocycles. The van der Waals surface area contributed by atoms with E-state index in [0.29, 0.717) is 6.07 Å². The average Bonchev–Trinajstić information content (AvgIpc) is 2.34. The summed E-state index contributed by atoms with van der Waals surface area (Å²) in [6, 6.07) is 1.61. The predicted octanol–water partition coefficient (Wildman–Crippen LogP) is 2.55. The first-order chi connectivity index (χ1) is 8.97. The van der Waals surface area contributed by atoms with Gasteiger partial charge in [0.05, 0.1) is 10.6 Å². The van der Waals surface area contributed by atoms with Crippen molar-refractivity contribution in [3.63, 3.8) is 0 Å². The molecule has 0 unspecified atom stereocenters. The maximum Gasteiger partial charge on any atom is 0.307 e. The van der Waals surface area contributed by atoms with Crippen molar-refractivity contribution >= 4 is 11.4 Å². The number of nitro groups is 1. The van der Waals surface area contributed by atoms with Gasteiger partial charge in [-0.15, -0.1) is 0 Å². The summed E-state index contributed by atoms with van der Waals surface area (Å²) < 4.78 is 26.8. The van der Waals surface area contributed by atoms with Crippen LogP contribution in [0, 0.1) is 21.7 Å². The van der Waals surface area contributed by atoms with Gasteiger partial charge in [0.15, 0.2) is 0 Å². The lowest BCUT2D eigenvalue weighted by Gasteiger charge is -2.27. The number of nitrogens with zero attached hydrogens (tertiary/aromatic N) is 1. The summed E-state index contributed by atoms with van der Waals surface area (Å²) in [5.74, 6) is -1.99. The summed E-state index contributed by atoms with van der Waals surface area (Å²) in [6.45, 7) is 0. The Hall–Kier alpha value is -1.76. The van der Waals surface area contributed by atoms with Crippen LogP contribution >= 0.6 is 0 Å². The molecule has 0 aliphatic heterocycles. The van der Waals surface area contributed by atoms with Crippen LogP contribution in [-0.4, -0.2) is 17.0 Å². The van der Waals surface area contributed by atoms with Crippen molar-refractivity contribution in [3.8, 4) is 0 Å². The van der Waals surface area contributed by atoms with Crippen molar-refractivity contribution in [2.75, 3.05) is 5.32 Å². The van der Waals surface area contributed by atoms with Crippen molar-refractivity contribution in [2.45, 2.75) is 37.8 Å². The lowest BCUT2D eigenvalue weighted by Crippen LogP contribution is -2.33. The molecule has 7 heteroatoms. The van der Waals surface area contributed by atoms with Gasteiger partial charge in [-0.3, -0.25) is 10.1 Å². The standard InChI is InChI=1S/C12H15F2N3O2/c13-9-5-10(14)12(17(18)19)6-11(9)16-8-3-1-7(15)2-4-8/h5-8,16H,1-4,15H2. The second-order valence-corrected chi connectivity index (χ2v) is 4.80. The van der Waals surface area contributed by atoms with Crippen LogP contribution in [-0.2, 0) is 0 Å². The second kappa shape index (κ2) is 5.48. The maximum absolute atomic E-state index is 13.6. The molecule has 3 N–H and O–H groups in total. The molecular weight excluding hydrogens is 256 g/mol. The van der Waals surface area contributed by atoms with Gasteiger partial charge in [0.2, 0.25) is 5.82 Å². The van der Waals surface area contributed by atoms with Crippen LogP contribution in [0.5, 0.6) is 0 Å². The highest BCUT2D eigenvalue weighted by atomic mass is 19.1. The van der Waals surface area contributed by atoms with E-state index in [9.17, 15) is 18.9 Å². The quantitative estimate of drug-likeness (QED) is 0.654. The Balaban J connectivity index is 2.15. The molecule has 1 fully saturated rings. The third-order valence-corrected chi connectivity index (χ3v) is 3.36. The van der Waals surface area contributed by atoms with Gasteiger partial charge < -0.3 is 11.1 Å². The van der Waals surface area contributed by atoms with E-state index < -0.39 is 22.2 Å². The Labute approximate surface area is 108 Å². The number of nitro benzene ring substituents is 1. The molecule has 1 aliphatic carbocycles. The predicted molar refractivity (Wildman–Crippen MR) is 66.9 cm³/mol. The van der Waals surface area contributed by atoms with E-state index in [1.807, 2.05) is 0 Å². The largest absolute Gasteiger partial charge is 0.380 e.